The molecule has 1 heterocycles. The predicted molar refractivity (Wildman–Crippen MR) is 88.4 cm³/mol. The van der Waals surface area contributed by atoms with Gasteiger partial charge in [-0.2, -0.15) is 0 Å². The number of hydrogen-bond acceptors (Lipinski definition) is 3. The van der Waals surface area contributed by atoms with Crippen LogP contribution in [0.4, 0.5) is 11.4 Å². The van der Waals surface area contributed by atoms with Crippen LogP contribution in [0.5, 0.6) is 5.75 Å². The van der Waals surface area contributed by atoms with Crippen molar-refractivity contribution in [1.82, 2.24) is 4.57 Å². The van der Waals surface area contributed by atoms with Gasteiger partial charge in [0.1, 0.15) is 11.4 Å². The Morgan fingerprint density at radius 1 is 1.23 bits per heavy atom. The number of halogens is 1. The largest absolute Gasteiger partial charge is 0.495 e. The van der Waals surface area contributed by atoms with Crippen LogP contribution in [0.15, 0.2) is 34.9 Å². The Bertz CT molecular complexity index is 725. The molecule has 7 heteroatoms. The van der Waals surface area contributed by atoms with Crippen LogP contribution in [0.25, 0.3) is 0 Å². The molecule has 2 amide bonds. The first kappa shape index (κ1) is 16.1. The van der Waals surface area contributed by atoms with E-state index in [4.69, 9.17) is 4.74 Å². The van der Waals surface area contributed by atoms with Crippen LogP contribution >= 0.6 is 15.9 Å². The van der Waals surface area contributed by atoms with E-state index in [-0.39, 0.29) is 11.8 Å². The number of amides is 2. The third-order valence-corrected chi connectivity index (χ3v) is 3.41. The monoisotopic (exact) mass is 365 g/mol. The van der Waals surface area contributed by atoms with E-state index < -0.39 is 0 Å². The number of hydrogen-bond donors (Lipinski definition) is 2. The molecule has 116 valence electrons. The van der Waals surface area contributed by atoms with Crippen molar-refractivity contribution in [2.45, 2.75) is 6.92 Å². The molecule has 1 aromatic heterocycles. The van der Waals surface area contributed by atoms with Crippen LogP contribution in [0.2, 0.25) is 0 Å². The highest BCUT2D eigenvalue weighted by Crippen LogP contribution is 2.28. The predicted octanol–water partition coefficient (Wildman–Crippen LogP) is 3.01. The van der Waals surface area contributed by atoms with Gasteiger partial charge in [0, 0.05) is 30.3 Å². The van der Waals surface area contributed by atoms with Crippen LogP contribution in [-0.4, -0.2) is 23.5 Å². The summed E-state index contributed by atoms with van der Waals surface area (Å²) in [6, 6.07) is 6.76. The molecule has 1 aromatic carbocycles. The second-order valence-electron chi connectivity index (χ2n) is 4.70. The number of ether oxygens (including phenoxy) is 1. The van der Waals surface area contributed by atoms with Crippen molar-refractivity contribution >= 4 is 39.1 Å². The summed E-state index contributed by atoms with van der Waals surface area (Å²) < 4.78 is 7.76. The van der Waals surface area contributed by atoms with Crippen LogP contribution in [0.3, 0.4) is 0 Å². The first-order valence-corrected chi connectivity index (χ1v) is 7.29. The first-order chi connectivity index (χ1) is 10.4. The quantitative estimate of drug-likeness (QED) is 0.874. The lowest BCUT2D eigenvalue weighted by molar-refractivity contribution is -0.114. The average molecular weight is 366 g/mol. The third kappa shape index (κ3) is 3.67. The maximum atomic E-state index is 12.4. The fourth-order valence-electron chi connectivity index (χ4n) is 2.02. The molecule has 0 aliphatic rings. The lowest BCUT2D eigenvalue weighted by Gasteiger charge is -2.12. The molecular formula is C15H16BrN3O3. The van der Waals surface area contributed by atoms with Crippen molar-refractivity contribution < 1.29 is 14.3 Å². The summed E-state index contributed by atoms with van der Waals surface area (Å²) in [4.78, 5) is 23.5. The minimum absolute atomic E-state index is 0.186. The highest BCUT2D eigenvalue weighted by atomic mass is 79.9. The lowest BCUT2D eigenvalue weighted by atomic mass is 10.2. The van der Waals surface area contributed by atoms with Crippen molar-refractivity contribution in [2.24, 2.45) is 7.05 Å². The number of nitrogens with zero attached hydrogens (tertiary/aromatic N) is 1. The zero-order chi connectivity index (χ0) is 16.3. The van der Waals surface area contributed by atoms with Crippen molar-refractivity contribution in [3.05, 3.63) is 40.6 Å². The molecule has 22 heavy (non-hydrogen) atoms. The molecule has 6 nitrogen and oxygen atoms in total. The van der Waals surface area contributed by atoms with Gasteiger partial charge in [0.2, 0.25) is 5.91 Å². The number of benzene rings is 1. The van der Waals surface area contributed by atoms with E-state index in [1.165, 1.54) is 14.0 Å². The Morgan fingerprint density at radius 3 is 2.50 bits per heavy atom. The van der Waals surface area contributed by atoms with Gasteiger partial charge in [0.05, 0.1) is 12.8 Å². The van der Waals surface area contributed by atoms with E-state index >= 15 is 0 Å². The summed E-state index contributed by atoms with van der Waals surface area (Å²) in [5.74, 6) is 0.0519. The summed E-state index contributed by atoms with van der Waals surface area (Å²) in [6.45, 7) is 1.42. The van der Waals surface area contributed by atoms with Gasteiger partial charge in [-0.25, -0.2) is 0 Å². The molecular weight excluding hydrogens is 350 g/mol. The first-order valence-electron chi connectivity index (χ1n) is 6.49. The number of carbonyl (C=O) groups is 2. The minimum atomic E-state index is -0.272. The van der Waals surface area contributed by atoms with Gasteiger partial charge < -0.3 is 19.9 Å². The van der Waals surface area contributed by atoms with Gasteiger partial charge >= 0.3 is 0 Å². The lowest BCUT2D eigenvalue weighted by Crippen LogP contribution is -2.16. The van der Waals surface area contributed by atoms with E-state index in [0.717, 1.165) is 4.47 Å². The van der Waals surface area contributed by atoms with Gasteiger partial charge in [-0.3, -0.25) is 9.59 Å². The third-order valence-electron chi connectivity index (χ3n) is 2.97. The summed E-state index contributed by atoms with van der Waals surface area (Å²) >= 11 is 3.33. The van der Waals surface area contributed by atoms with E-state index in [0.29, 0.717) is 22.8 Å². The zero-order valence-corrected chi connectivity index (χ0v) is 14.0. The normalized spacial score (nSPS) is 10.2. The van der Waals surface area contributed by atoms with E-state index in [1.54, 1.807) is 42.1 Å². The minimum Gasteiger partial charge on any atom is -0.495 e. The fraction of sp³-hybridized carbons (Fsp3) is 0.200. The summed E-state index contributed by atoms with van der Waals surface area (Å²) in [5.41, 5.74) is 1.56. The topological polar surface area (TPSA) is 72.4 Å². The van der Waals surface area contributed by atoms with E-state index in [1.807, 2.05) is 0 Å². The average Bonchev–Trinajstić information content (AvgIpc) is 2.77. The number of rotatable bonds is 4. The Labute approximate surface area is 136 Å². The molecule has 0 unspecified atom stereocenters. The highest BCUT2D eigenvalue weighted by molar-refractivity contribution is 9.10. The Morgan fingerprint density at radius 2 is 1.95 bits per heavy atom. The van der Waals surface area contributed by atoms with Gasteiger partial charge in [-0.15, -0.1) is 0 Å². The number of aromatic nitrogens is 1. The number of anilines is 2. The molecule has 0 aliphatic carbocycles. The maximum Gasteiger partial charge on any atom is 0.272 e. The number of aryl methyl sites for hydroxylation is 1. The van der Waals surface area contributed by atoms with Crippen LogP contribution in [0, 0.1) is 0 Å². The molecule has 0 radical (unpaired) electrons. The van der Waals surface area contributed by atoms with Gasteiger partial charge in [-0.1, -0.05) is 0 Å². The van der Waals surface area contributed by atoms with Gasteiger partial charge in [0.25, 0.3) is 5.91 Å². The maximum absolute atomic E-state index is 12.4. The van der Waals surface area contributed by atoms with Crippen molar-refractivity contribution in [2.75, 3.05) is 17.7 Å². The smallest absolute Gasteiger partial charge is 0.272 e. The molecule has 0 bridgehead atoms. The standard InChI is InChI=1S/C15H16BrN3O3/c1-9(20)17-11-4-5-14(22-3)12(7-11)18-15(21)13-6-10(16)8-19(13)2/h4-8H,1-3H3,(H,17,20)(H,18,21). The van der Waals surface area contributed by atoms with Crippen LogP contribution in [-0.2, 0) is 11.8 Å². The van der Waals surface area contributed by atoms with E-state index in [2.05, 4.69) is 26.6 Å². The molecule has 2 rings (SSSR count). The second kappa shape index (κ2) is 6.65. The molecule has 0 spiro atoms. The van der Waals surface area contributed by atoms with E-state index in [9.17, 15) is 9.59 Å². The second-order valence-corrected chi connectivity index (χ2v) is 5.62. The highest BCUT2D eigenvalue weighted by Gasteiger charge is 2.14. The molecule has 2 aromatic rings. The summed E-state index contributed by atoms with van der Waals surface area (Å²) in [7, 11) is 3.30. The zero-order valence-electron chi connectivity index (χ0n) is 12.4. The van der Waals surface area contributed by atoms with Gasteiger partial charge in [0.15, 0.2) is 0 Å². The molecule has 0 atom stereocenters. The molecule has 2 N–H and O–H groups in total. The van der Waals surface area contributed by atoms with Crippen molar-refractivity contribution in [3.63, 3.8) is 0 Å². The molecule has 0 fully saturated rings. The number of carbonyl (C=O) groups excluding carboxylic acids is 2. The fourth-order valence-corrected chi connectivity index (χ4v) is 2.55. The Kier molecular flexibility index (Phi) is 4.87. The van der Waals surface area contributed by atoms with Crippen LogP contribution < -0.4 is 15.4 Å². The molecule has 0 saturated heterocycles. The van der Waals surface area contributed by atoms with Crippen molar-refractivity contribution in [1.29, 1.82) is 0 Å². The number of methoxy groups -OCH3 is 1. The Balaban J connectivity index is 2.28. The molecule has 0 saturated carbocycles. The SMILES string of the molecule is COc1ccc(NC(C)=O)cc1NC(=O)c1cc(Br)cn1C. The van der Waals surface area contributed by atoms with Crippen molar-refractivity contribution in [3.8, 4) is 5.75 Å². The number of nitrogens with one attached hydrogen (secondary N) is 2. The molecule has 0 aliphatic heterocycles. The van der Waals surface area contributed by atoms with Crippen LogP contribution in [0.1, 0.15) is 17.4 Å². The Hall–Kier alpha value is -2.28. The van der Waals surface area contributed by atoms with Gasteiger partial charge in [-0.05, 0) is 40.2 Å². The summed E-state index contributed by atoms with van der Waals surface area (Å²) in [6.07, 6.45) is 1.79. The summed E-state index contributed by atoms with van der Waals surface area (Å²) in [5, 5.41) is 5.46.